The zero-order valence-corrected chi connectivity index (χ0v) is 15.1. The molecule has 0 atom stereocenters. The fourth-order valence-corrected chi connectivity index (χ4v) is 3.77. The second-order valence-corrected chi connectivity index (χ2v) is 7.05. The van der Waals surface area contributed by atoms with Crippen LogP contribution in [0.4, 0.5) is 0 Å². The molecule has 132 valence electrons. The standard InChI is InChI=1S/C23H29NO/c25-23(24-18-12-4-2-1-3-5-13-19-24)22(20-14-8-6-9-15-20)21-16-10-7-11-17-21/h6-11,14-17,22H,1-5,12-13,18-19H2. The van der Waals surface area contributed by atoms with Gasteiger partial charge in [0.2, 0.25) is 5.91 Å². The summed E-state index contributed by atoms with van der Waals surface area (Å²) in [7, 11) is 0. The van der Waals surface area contributed by atoms with E-state index in [0.29, 0.717) is 0 Å². The molecular weight excluding hydrogens is 306 g/mol. The number of rotatable bonds is 3. The van der Waals surface area contributed by atoms with E-state index in [-0.39, 0.29) is 11.8 Å². The maximum absolute atomic E-state index is 13.5. The lowest BCUT2D eigenvalue weighted by molar-refractivity contribution is -0.132. The highest BCUT2D eigenvalue weighted by atomic mass is 16.2. The molecule has 0 radical (unpaired) electrons. The first kappa shape index (κ1) is 17.7. The van der Waals surface area contributed by atoms with E-state index in [1.54, 1.807) is 0 Å². The molecule has 0 bridgehead atoms. The van der Waals surface area contributed by atoms with Gasteiger partial charge in [0.1, 0.15) is 0 Å². The highest BCUT2D eigenvalue weighted by Gasteiger charge is 2.27. The van der Waals surface area contributed by atoms with Gasteiger partial charge in [-0.05, 0) is 24.0 Å². The topological polar surface area (TPSA) is 20.3 Å². The molecular formula is C23H29NO. The Hall–Kier alpha value is -2.09. The Balaban J connectivity index is 1.85. The summed E-state index contributed by atoms with van der Waals surface area (Å²) >= 11 is 0. The summed E-state index contributed by atoms with van der Waals surface area (Å²) in [5.41, 5.74) is 2.19. The molecule has 0 aromatic heterocycles. The minimum Gasteiger partial charge on any atom is -0.342 e. The van der Waals surface area contributed by atoms with E-state index in [1.807, 2.05) is 36.4 Å². The van der Waals surface area contributed by atoms with E-state index in [2.05, 4.69) is 29.2 Å². The van der Waals surface area contributed by atoms with Gasteiger partial charge in [-0.25, -0.2) is 0 Å². The van der Waals surface area contributed by atoms with Gasteiger partial charge in [0.25, 0.3) is 0 Å². The third kappa shape index (κ3) is 4.94. The Morgan fingerprint density at radius 2 is 1.04 bits per heavy atom. The predicted octanol–water partition coefficient (Wildman–Crippen LogP) is 5.39. The van der Waals surface area contributed by atoms with Crippen LogP contribution in [0.5, 0.6) is 0 Å². The minimum atomic E-state index is -0.189. The van der Waals surface area contributed by atoms with Crippen molar-refractivity contribution in [2.45, 2.75) is 50.9 Å². The zero-order valence-electron chi connectivity index (χ0n) is 15.1. The van der Waals surface area contributed by atoms with Crippen molar-refractivity contribution >= 4 is 5.91 Å². The van der Waals surface area contributed by atoms with Crippen molar-refractivity contribution in [2.24, 2.45) is 0 Å². The van der Waals surface area contributed by atoms with Crippen molar-refractivity contribution in [3.8, 4) is 0 Å². The molecule has 1 saturated heterocycles. The first-order valence-electron chi connectivity index (χ1n) is 9.75. The molecule has 1 fully saturated rings. The van der Waals surface area contributed by atoms with E-state index in [4.69, 9.17) is 0 Å². The summed E-state index contributed by atoms with van der Waals surface area (Å²) in [6.07, 6.45) is 8.70. The summed E-state index contributed by atoms with van der Waals surface area (Å²) in [5.74, 6) is 0.0725. The third-order valence-electron chi connectivity index (χ3n) is 5.18. The van der Waals surface area contributed by atoms with E-state index < -0.39 is 0 Å². The van der Waals surface area contributed by atoms with Crippen molar-refractivity contribution in [3.05, 3.63) is 71.8 Å². The van der Waals surface area contributed by atoms with Gasteiger partial charge >= 0.3 is 0 Å². The number of carbonyl (C=O) groups excluding carboxylic acids is 1. The Morgan fingerprint density at radius 3 is 1.48 bits per heavy atom. The molecule has 0 N–H and O–H groups in total. The number of nitrogens with zero attached hydrogens (tertiary/aromatic N) is 1. The van der Waals surface area contributed by atoms with Crippen molar-refractivity contribution < 1.29 is 4.79 Å². The normalized spacial score (nSPS) is 16.6. The van der Waals surface area contributed by atoms with Crippen molar-refractivity contribution in [1.82, 2.24) is 4.90 Å². The summed E-state index contributed by atoms with van der Waals surface area (Å²) in [6, 6.07) is 20.5. The largest absolute Gasteiger partial charge is 0.342 e. The average molecular weight is 335 g/mol. The summed E-state index contributed by atoms with van der Waals surface area (Å²) in [6.45, 7) is 1.80. The monoisotopic (exact) mass is 335 g/mol. The molecule has 0 spiro atoms. The number of amides is 1. The second-order valence-electron chi connectivity index (χ2n) is 7.05. The predicted molar refractivity (Wildman–Crippen MR) is 104 cm³/mol. The molecule has 1 aliphatic rings. The molecule has 1 aliphatic heterocycles. The van der Waals surface area contributed by atoms with E-state index in [9.17, 15) is 4.79 Å². The van der Waals surface area contributed by atoms with Gasteiger partial charge in [0, 0.05) is 13.1 Å². The third-order valence-corrected chi connectivity index (χ3v) is 5.18. The summed E-state index contributed by atoms with van der Waals surface area (Å²) in [5, 5.41) is 0. The smallest absolute Gasteiger partial charge is 0.234 e. The van der Waals surface area contributed by atoms with Gasteiger partial charge in [0.05, 0.1) is 5.92 Å². The number of hydrogen-bond acceptors (Lipinski definition) is 1. The molecule has 0 saturated carbocycles. The van der Waals surface area contributed by atoms with Crippen LogP contribution in [0.3, 0.4) is 0 Å². The Labute approximate surface area is 151 Å². The van der Waals surface area contributed by atoms with Crippen molar-refractivity contribution in [3.63, 3.8) is 0 Å². The molecule has 0 unspecified atom stereocenters. The fraction of sp³-hybridized carbons (Fsp3) is 0.435. The molecule has 25 heavy (non-hydrogen) atoms. The van der Waals surface area contributed by atoms with Crippen LogP contribution in [0.15, 0.2) is 60.7 Å². The highest BCUT2D eigenvalue weighted by molar-refractivity contribution is 5.87. The van der Waals surface area contributed by atoms with Crippen LogP contribution >= 0.6 is 0 Å². The van der Waals surface area contributed by atoms with E-state index >= 15 is 0 Å². The molecule has 2 heteroatoms. The average Bonchev–Trinajstić information content (AvgIpc) is 2.68. The highest BCUT2D eigenvalue weighted by Crippen LogP contribution is 2.27. The fourth-order valence-electron chi connectivity index (χ4n) is 3.77. The Morgan fingerprint density at radius 1 is 0.640 bits per heavy atom. The number of hydrogen-bond donors (Lipinski definition) is 0. The minimum absolute atomic E-state index is 0.189. The lowest BCUT2D eigenvalue weighted by Gasteiger charge is -2.29. The van der Waals surface area contributed by atoms with Crippen LogP contribution in [0, 0.1) is 0 Å². The number of carbonyl (C=O) groups is 1. The lowest BCUT2D eigenvalue weighted by Crippen LogP contribution is -2.37. The lowest BCUT2D eigenvalue weighted by atomic mass is 9.89. The quantitative estimate of drug-likeness (QED) is 0.736. The maximum Gasteiger partial charge on any atom is 0.234 e. The first-order chi connectivity index (χ1) is 12.4. The van der Waals surface area contributed by atoms with Crippen molar-refractivity contribution in [2.75, 3.05) is 13.1 Å². The van der Waals surface area contributed by atoms with Crippen LogP contribution in [0.1, 0.15) is 62.0 Å². The summed E-state index contributed by atoms with van der Waals surface area (Å²) in [4.78, 5) is 15.6. The van der Waals surface area contributed by atoms with Crippen LogP contribution in [0.2, 0.25) is 0 Å². The van der Waals surface area contributed by atoms with Gasteiger partial charge in [-0.1, -0.05) is 92.8 Å². The molecule has 2 nitrogen and oxygen atoms in total. The SMILES string of the molecule is O=C(C(c1ccccc1)c1ccccc1)N1CCCCCCCCC1. The van der Waals surface area contributed by atoms with Crippen molar-refractivity contribution in [1.29, 1.82) is 0 Å². The second kappa shape index (κ2) is 9.41. The van der Waals surface area contributed by atoms with Crippen LogP contribution < -0.4 is 0 Å². The van der Waals surface area contributed by atoms with Gasteiger partial charge in [0.15, 0.2) is 0 Å². The Kier molecular flexibility index (Phi) is 6.67. The molecule has 1 heterocycles. The van der Waals surface area contributed by atoms with E-state index in [1.165, 1.54) is 32.1 Å². The molecule has 3 rings (SSSR count). The van der Waals surface area contributed by atoms with Gasteiger partial charge in [-0.3, -0.25) is 4.79 Å². The summed E-state index contributed by atoms with van der Waals surface area (Å²) < 4.78 is 0. The zero-order chi connectivity index (χ0) is 17.3. The molecule has 2 aromatic carbocycles. The molecule has 2 aromatic rings. The Bertz CT molecular complexity index is 588. The molecule has 1 amide bonds. The van der Waals surface area contributed by atoms with Crippen LogP contribution in [-0.2, 0) is 4.79 Å². The van der Waals surface area contributed by atoms with Gasteiger partial charge in [-0.2, -0.15) is 0 Å². The molecule has 0 aliphatic carbocycles. The van der Waals surface area contributed by atoms with E-state index in [0.717, 1.165) is 37.1 Å². The first-order valence-corrected chi connectivity index (χ1v) is 9.75. The van der Waals surface area contributed by atoms with Gasteiger partial charge in [-0.15, -0.1) is 0 Å². The number of benzene rings is 2. The van der Waals surface area contributed by atoms with Crippen LogP contribution in [-0.4, -0.2) is 23.9 Å². The maximum atomic E-state index is 13.5. The van der Waals surface area contributed by atoms with Crippen LogP contribution in [0.25, 0.3) is 0 Å². The van der Waals surface area contributed by atoms with Gasteiger partial charge < -0.3 is 4.90 Å².